The van der Waals surface area contributed by atoms with E-state index in [1.165, 1.54) is 16.3 Å². The van der Waals surface area contributed by atoms with Gasteiger partial charge in [0.05, 0.1) is 6.61 Å². The van der Waals surface area contributed by atoms with E-state index < -0.39 is 8.07 Å². The van der Waals surface area contributed by atoms with Crippen LogP contribution in [0.2, 0.25) is 6.55 Å². The lowest BCUT2D eigenvalue weighted by molar-refractivity contribution is 0.0321. The predicted octanol–water partition coefficient (Wildman–Crippen LogP) is 2.85. The third-order valence-electron chi connectivity index (χ3n) is 5.65. The first-order valence-corrected chi connectivity index (χ1v) is 11.2. The Kier molecular flexibility index (Phi) is 3.31. The van der Waals surface area contributed by atoms with E-state index in [2.05, 4.69) is 80.7 Å². The Morgan fingerprint density at radius 2 is 1.78 bits per heavy atom. The van der Waals surface area contributed by atoms with Gasteiger partial charge in [-0.3, -0.25) is 4.90 Å². The van der Waals surface area contributed by atoms with Gasteiger partial charge < -0.3 is 4.74 Å². The lowest BCUT2D eigenvalue weighted by atomic mass is 10.1. The molecule has 0 amide bonds. The molecule has 1 saturated heterocycles. The number of fused-ring (bicyclic) bond motifs is 3. The summed E-state index contributed by atoms with van der Waals surface area (Å²) in [6.45, 7) is 10.1. The lowest BCUT2D eigenvalue weighted by Gasteiger charge is -2.46. The Morgan fingerprint density at radius 1 is 1.09 bits per heavy atom. The van der Waals surface area contributed by atoms with Gasteiger partial charge in [0.2, 0.25) is 0 Å². The molecule has 2 heterocycles. The number of benzene rings is 2. The maximum Gasteiger partial charge on any atom is 0.137 e. The van der Waals surface area contributed by atoms with Crippen LogP contribution < -0.4 is 10.4 Å². The molecule has 0 saturated carbocycles. The highest BCUT2D eigenvalue weighted by Gasteiger charge is 2.51. The number of nitrogens with zero attached hydrogens (tertiary/aromatic N) is 1. The van der Waals surface area contributed by atoms with Crippen molar-refractivity contribution in [1.82, 2.24) is 4.90 Å². The van der Waals surface area contributed by atoms with Crippen LogP contribution in [0.5, 0.6) is 0 Å². The zero-order valence-corrected chi connectivity index (χ0v) is 15.5. The summed E-state index contributed by atoms with van der Waals surface area (Å²) in [4.78, 5) is 2.60. The number of hydrogen-bond donors (Lipinski definition) is 0. The van der Waals surface area contributed by atoms with Crippen LogP contribution >= 0.6 is 0 Å². The first kappa shape index (κ1) is 15.1. The van der Waals surface area contributed by atoms with Crippen molar-refractivity contribution in [3.05, 3.63) is 59.7 Å². The molecule has 1 fully saturated rings. The maximum atomic E-state index is 6.20. The van der Waals surface area contributed by atoms with E-state index in [1.54, 1.807) is 5.19 Å². The van der Waals surface area contributed by atoms with Gasteiger partial charge in [-0.15, -0.1) is 0 Å². The minimum absolute atomic E-state index is 0.108. The molecule has 0 radical (unpaired) electrons. The van der Waals surface area contributed by atoms with Crippen LogP contribution in [0.25, 0.3) is 0 Å². The number of hydrogen-bond acceptors (Lipinski definition) is 2. The fraction of sp³-hybridized carbons (Fsp3) is 0.400. The van der Waals surface area contributed by atoms with E-state index in [1.807, 2.05) is 0 Å². The molecule has 3 heteroatoms. The summed E-state index contributed by atoms with van der Waals surface area (Å²) in [5, 5.41) is 3.07. The Morgan fingerprint density at radius 3 is 2.52 bits per heavy atom. The molecule has 2 nitrogen and oxygen atoms in total. The first-order chi connectivity index (χ1) is 10.9. The van der Waals surface area contributed by atoms with Crippen molar-refractivity contribution >= 4 is 18.4 Å². The molecule has 0 N–H and O–H groups in total. The second-order valence-corrected chi connectivity index (χ2v) is 12.0. The minimum atomic E-state index is -1.79. The molecule has 2 unspecified atom stereocenters. The summed E-state index contributed by atoms with van der Waals surface area (Å²) >= 11 is 0. The third kappa shape index (κ3) is 2.22. The molecule has 2 aromatic carbocycles. The molecule has 23 heavy (non-hydrogen) atoms. The van der Waals surface area contributed by atoms with E-state index in [0.717, 1.165) is 12.8 Å². The fourth-order valence-electron chi connectivity index (χ4n) is 4.14. The van der Waals surface area contributed by atoms with E-state index in [9.17, 15) is 0 Å². The molecule has 2 aliphatic heterocycles. The molecule has 0 aromatic heterocycles. The van der Waals surface area contributed by atoms with E-state index in [0.29, 0.717) is 0 Å². The highest BCUT2D eigenvalue weighted by Crippen LogP contribution is 2.40. The molecule has 120 valence electrons. The SMILES string of the molecule is Cc1ccc([Si]2(C)CN3C(OCC3(C)C)c3ccccc32)cc1. The molecule has 0 aliphatic carbocycles. The van der Waals surface area contributed by atoms with Crippen LogP contribution in [-0.2, 0) is 4.74 Å². The van der Waals surface area contributed by atoms with E-state index in [-0.39, 0.29) is 11.8 Å². The molecule has 0 spiro atoms. The number of ether oxygens (including phenoxy) is 1. The van der Waals surface area contributed by atoms with Crippen LogP contribution in [-0.4, -0.2) is 31.3 Å². The summed E-state index contributed by atoms with van der Waals surface area (Å²) in [7, 11) is -1.79. The number of rotatable bonds is 1. The molecule has 4 rings (SSSR count). The topological polar surface area (TPSA) is 12.5 Å². The van der Waals surface area contributed by atoms with Crippen LogP contribution in [0, 0.1) is 6.92 Å². The summed E-state index contributed by atoms with van der Waals surface area (Å²) in [6, 6.07) is 18.2. The van der Waals surface area contributed by atoms with Crippen molar-refractivity contribution in [2.45, 2.75) is 39.1 Å². The van der Waals surface area contributed by atoms with Crippen LogP contribution in [0.1, 0.15) is 31.2 Å². The highest BCUT2D eigenvalue weighted by atomic mass is 28.3. The average molecular weight is 324 g/mol. The van der Waals surface area contributed by atoms with Crippen LogP contribution in [0.15, 0.2) is 48.5 Å². The van der Waals surface area contributed by atoms with Gasteiger partial charge >= 0.3 is 0 Å². The number of aryl methyl sites for hydroxylation is 1. The van der Waals surface area contributed by atoms with E-state index in [4.69, 9.17) is 4.74 Å². The average Bonchev–Trinajstić information content (AvgIpc) is 2.83. The summed E-state index contributed by atoms with van der Waals surface area (Å²) in [6.07, 6.45) is 1.26. The second kappa shape index (κ2) is 5.03. The normalized spacial score (nSPS) is 29.1. The van der Waals surface area contributed by atoms with Gasteiger partial charge in [-0.2, -0.15) is 0 Å². The standard InChI is InChI=1S/C20H25NOSi/c1-15-9-11-16(12-10-15)23(4)14-21-19(22-13-20(21,2)3)17-7-5-6-8-18(17)23/h5-12,19H,13-14H2,1-4H3. The van der Waals surface area contributed by atoms with Crippen molar-refractivity contribution in [2.75, 3.05) is 12.8 Å². The smallest absolute Gasteiger partial charge is 0.137 e. The van der Waals surface area contributed by atoms with Gasteiger partial charge in [-0.1, -0.05) is 65.8 Å². The maximum absolute atomic E-state index is 6.20. The Balaban J connectivity index is 1.90. The Labute approximate surface area is 140 Å². The quantitative estimate of drug-likeness (QED) is 0.748. The summed E-state index contributed by atoms with van der Waals surface area (Å²) < 4.78 is 6.20. The largest absolute Gasteiger partial charge is 0.357 e. The van der Waals surface area contributed by atoms with Crippen molar-refractivity contribution in [3.8, 4) is 0 Å². The zero-order chi connectivity index (χ0) is 16.2. The summed E-state index contributed by atoms with van der Waals surface area (Å²) in [5.74, 6) is 0. The first-order valence-electron chi connectivity index (χ1n) is 8.47. The molecular formula is C20H25NOSi. The van der Waals surface area contributed by atoms with Crippen molar-refractivity contribution < 1.29 is 4.74 Å². The molecule has 0 bridgehead atoms. The van der Waals surface area contributed by atoms with Crippen molar-refractivity contribution in [1.29, 1.82) is 0 Å². The van der Waals surface area contributed by atoms with Gasteiger partial charge in [0.25, 0.3) is 0 Å². The van der Waals surface area contributed by atoms with Crippen molar-refractivity contribution in [2.24, 2.45) is 0 Å². The molecule has 2 aliphatic rings. The van der Waals surface area contributed by atoms with Gasteiger partial charge in [-0.05, 0) is 31.5 Å². The van der Waals surface area contributed by atoms with Gasteiger partial charge in [-0.25, -0.2) is 0 Å². The van der Waals surface area contributed by atoms with Crippen LogP contribution in [0.3, 0.4) is 0 Å². The zero-order valence-electron chi connectivity index (χ0n) is 14.5. The molecule has 2 atom stereocenters. The predicted molar refractivity (Wildman–Crippen MR) is 98.0 cm³/mol. The summed E-state index contributed by atoms with van der Waals surface area (Å²) in [5.41, 5.74) is 2.83. The molecular weight excluding hydrogens is 298 g/mol. The second-order valence-electron chi connectivity index (χ2n) is 7.89. The van der Waals surface area contributed by atoms with Gasteiger partial charge in [0.15, 0.2) is 0 Å². The highest BCUT2D eigenvalue weighted by molar-refractivity contribution is 7.02. The minimum Gasteiger partial charge on any atom is -0.357 e. The van der Waals surface area contributed by atoms with Crippen molar-refractivity contribution in [3.63, 3.8) is 0 Å². The lowest BCUT2D eigenvalue weighted by Crippen LogP contribution is -2.69. The van der Waals surface area contributed by atoms with E-state index >= 15 is 0 Å². The fourth-order valence-corrected chi connectivity index (χ4v) is 8.29. The Bertz CT molecular complexity index is 740. The Hall–Kier alpha value is -1.42. The van der Waals surface area contributed by atoms with Gasteiger partial charge in [0.1, 0.15) is 14.3 Å². The molecule has 2 aromatic rings. The monoisotopic (exact) mass is 323 g/mol. The van der Waals surface area contributed by atoms with Gasteiger partial charge in [0, 0.05) is 11.7 Å². The van der Waals surface area contributed by atoms with Crippen LogP contribution in [0.4, 0.5) is 0 Å². The third-order valence-corrected chi connectivity index (χ3v) is 9.88.